The van der Waals surface area contributed by atoms with Gasteiger partial charge in [0.15, 0.2) is 0 Å². The fourth-order valence-corrected chi connectivity index (χ4v) is 4.19. The Kier molecular flexibility index (Phi) is 6.42. The minimum atomic E-state index is -3.59. The number of benzene rings is 1. The monoisotopic (exact) mass is 399 g/mol. The third-order valence-electron chi connectivity index (χ3n) is 4.00. The van der Waals surface area contributed by atoms with Crippen molar-refractivity contribution in [2.45, 2.75) is 51.0 Å². The van der Waals surface area contributed by atoms with Crippen LogP contribution in [0.5, 0.6) is 0 Å². The number of piperidine rings is 1. The van der Waals surface area contributed by atoms with Crippen LogP contribution in [0.15, 0.2) is 24.3 Å². The highest BCUT2D eigenvalue weighted by Crippen LogP contribution is 2.18. The van der Waals surface area contributed by atoms with E-state index in [0.29, 0.717) is 31.5 Å². The number of non-ortho nitro benzene ring substituents is 1. The standard InChI is InChI=1S/C17H25N3O6S/c1-17(2,3)26-16(21)19-10-8-14(9-11-19)18-27(24,25)12-13-4-6-15(7-5-13)20(22)23/h4-7,14,18H,8-12H2,1-3H3. The van der Waals surface area contributed by atoms with Crippen LogP contribution < -0.4 is 4.72 Å². The van der Waals surface area contributed by atoms with Crippen molar-refractivity contribution in [2.24, 2.45) is 0 Å². The number of carbonyl (C=O) groups excluding carboxylic acids is 1. The maximum Gasteiger partial charge on any atom is 0.410 e. The molecule has 0 spiro atoms. The summed E-state index contributed by atoms with van der Waals surface area (Å²) in [4.78, 5) is 23.7. The lowest BCUT2D eigenvalue weighted by Crippen LogP contribution is -2.47. The van der Waals surface area contributed by atoms with Gasteiger partial charge in [0, 0.05) is 31.3 Å². The van der Waals surface area contributed by atoms with E-state index in [1.54, 1.807) is 25.7 Å². The van der Waals surface area contributed by atoms with Crippen molar-refractivity contribution in [3.63, 3.8) is 0 Å². The molecule has 0 bridgehead atoms. The fraction of sp³-hybridized carbons (Fsp3) is 0.588. The first kappa shape index (κ1) is 21.1. The smallest absolute Gasteiger partial charge is 0.410 e. The van der Waals surface area contributed by atoms with Crippen LogP contribution in [0.1, 0.15) is 39.2 Å². The molecule has 0 unspecified atom stereocenters. The van der Waals surface area contributed by atoms with Gasteiger partial charge in [-0.25, -0.2) is 17.9 Å². The van der Waals surface area contributed by atoms with Gasteiger partial charge in [-0.1, -0.05) is 12.1 Å². The molecule has 1 amide bonds. The van der Waals surface area contributed by atoms with Crippen LogP contribution in [-0.4, -0.2) is 49.1 Å². The van der Waals surface area contributed by atoms with Crippen molar-refractivity contribution in [2.75, 3.05) is 13.1 Å². The summed E-state index contributed by atoms with van der Waals surface area (Å²) in [6.45, 7) is 6.22. The first-order valence-electron chi connectivity index (χ1n) is 8.66. The number of rotatable bonds is 5. The van der Waals surface area contributed by atoms with E-state index in [9.17, 15) is 23.3 Å². The number of nitro groups is 1. The maximum absolute atomic E-state index is 12.3. The molecule has 1 aliphatic heterocycles. The molecule has 1 heterocycles. The van der Waals surface area contributed by atoms with Crippen molar-refractivity contribution in [1.29, 1.82) is 0 Å². The first-order chi connectivity index (χ1) is 12.5. The molecule has 9 nitrogen and oxygen atoms in total. The summed E-state index contributed by atoms with van der Waals surface area (Å²) in [5, 5.41) is 10.6. The Hall–Kier alpha value is -2.20. The third-order valence-corrected chi connectivity index (χ3v) is 5.40. The van der Waals surface area contributed by atoms with Crippen LogP contribution in [0, 0.1) is 10.1 Å². The molecule has 2 rings (SSSR count). The summed E-state index contributed by atoms with van der Waals surface area (Å²) in [6, 6.07) is 5.17. The topological polar surface area (TPSA) is 119 Å². The molecular formula is C17H25N3O6S. The minimum Gasteiger partial charge on any atom is -0.444 e. The van der Waals surface area contributed by atoms with E-state index in [4.69, 9.17) is 4.74 Å². The maximum atomic E-state index is 12.3. The van der Waals surface area contributed by atoms with Crippen LogP contribution in [0.2, 0.25) is 0 Å². The highest BCUT2D eigenvalue weighted by molar-refractivity contribution is 7.88. The Morgan fingerprint density at radius 1 is 1.26 bits per heavy atom. The molecule has 150 valence electrons. The highest BCUT2D eigenvalue weighted by Gasteiger charge is 2.28. The van der Waals surface area contributed by atoms with E-state index in [-0.39, 0.29) is 17.5 Å². The Bertz CT molecular complexity index is 778. The molecule has 0 aromatic heterocycles. The summed E-state index contributed by atoms with van der Waals surface area (Å²) < 4.78 is 32.6. The van der Waals surface area contributed by atoms with Gasteiger partial charge < -0.3 is 9.64 Å². The average molecular weight is 399 g/mol. The SMILES string of the molecule is CC(C)(C)OC(=O)N1CCC(NS(=O)(=O)Cc2ccc([N+](=O)[O-])cc2)CC1. The van der Waals surface area contributed by atoms with Gasteiger partial charge in [0.25, 0.3) is 5.69 Å². The van der Waals surface area contributed by atoms with E-state index in [1.807, 2.05) is 0 Å². The molecule has 0 saturated carbocycles. The lowest BCUT2D eigenvalue weighted by molar-refractivity contribution is -0.384. The molecule has 1 fully saturated rings. The van der Waals surface area contributed by atoms with E-state index in [1.165, 1.54) is 24.3 Å². The van der Waals surface area contributed by atoms with E-state index in [0.717, 1.165) is 0 Å². The molecule has 1 N–H and O–H groups in total. The van der Waals surface area contributed by atoms with Crippen LogP contribution in [0.3, 0.4) is 0 Å². The van der Waals surface area contributed by atoms with Gasteiger partial charge in [-0.2, -0.15) is 0 Å². The largest absolute Gasteiger partial charge is 0.444 e. The number of likely N-dealkylation sites (tertiary alicyclic amines) is 1. The number of hydrogen-bond acceptors (Lipinski definition) is 6. The number of nitrogens with zero attached hydrogens (tertiary/aromatic N) is 2. The zero-order valence-corrected chi connectivity index (χ0v) is 16.5. The van der Waals surface area contributed by atoms with Crippen molar-refractivity contribution >= 4 is 21.8 Å². The molecule has 27 heavy (non-hydrogen) atoms. The quantitative estimate of drug-likeness (QED) is 0.600. The van der Waals surface area contributed by atoms with Gasteiger partial charge in [0.1, 0.15) is 5.60 Å². The average Bonchev–Trinajstić information content (AvgIpc) is 2.53. The van der Waals surface area contributed by atoms with Crippen molar-refractivity contribution < 1.29 is 22.9 Å². The van der Waals surface area contributed by atoms with Crippen molar-refractivity contribution in [1.82, 2.24) is 9.62 Å². The molecule has 1 aromatic carbocycles. The number of nitro benzene ring substituents is 1. The van der Waals surface area contributed by atoms with E-state index in [2.05, 4.69) is 4.72 Å². The number of hydrogen-bond donors (Lipinski definition) is 1. The highest BCUT2D eigenvalue weighted by atomic mass is 32.2. The Morgan fingerprint density at radius 2 is 1.81 bits per heavy atom. The number of ether oxygens (including phenoxy) is 1. The lowest BCUT2D eigenvalue weighted by Gasteiger charge is -2.33. The second-order valence-corrected chi connectivity index (χ2v) is 9.30. The molecule has 1 saturated heterocycles. The Balaban J connectivity index is 1.86. The van der Waals surface area contributed by atoms with Gasteiger partial charge in [-0.15, -0.1) is 0 Å². The third kappa shape index (κ3) is 6.79. The van der Waals surface area contributed by atoms with Crippen LogP contribution >= 0.6 is 0 Å². The van der Waals surface area contributed by atoms with Crippen molar-refractivity contribution in [3.8, 4) is 0 Å². The van der Waals surface area contributed by atoms with E-state index >= 15 is 0 Å². The summed E-state index contributed by atoms with van der Waals surface area (Å²) in [7, 11) is -3.59. The molecule has 10 heteroatoms. The first-order valence-corrected chi connectivity index (χ1v) is 10.3. The predicted molar refractivity (Wildman–Crippen MR) is 99.7 cm³/mol. The van der Waals surface area contributed by atoms with Crippen LogP contribution in [-0.2, 0) is 20.5 Å². The number of sulfonamides is 1. The second kappa shape index (κ2) is 8.22. The molecule has 1 aliphatic rings. The van der Waals surface area contributed by atoms with Gasteiger partial charge in [0.2, 0.25) is 10.0 Å². The predicted octanol–water partition coefficient (Wildman–Crippen LogP) is 2.41. The fourth-order valence-electron chi connectivity index (χ4n) is 2.74. The molecule has 1 aromatic rings. The molecule has 0 atom stereocenters. The summed E-state index contributed by atoms with van der Waals surface area (Å²) in [6.07, 6.45) is 0.604. The number of carbonyl (C=O) groups is 1. The Labute approximate surface area is 158 Å². The summed E-state index contributed by atoms with van der Waals surface area (Å²) in [5.74, 6) is -0.253. The van der Waals surface area contributed by atoms with Gasteiger partial charge in [-0.05, 0) is 39.2 Å². The second-order valence-electron chi connectivity index (χ2n) is 7.54. The normalized spacial score (nSPS) is 16.2. The van der Waals surface area contributed by atoms with Gasteiger partial charge >= 0.3 is 6.09 Å². The van der Waals surface area contributed by atoms with E-state index < -0.39 is 26.6 Å². The lowest BCUT2D eigenvalue weighted by atomic mass is 10.1. The molecular weight excluding hydrogens is 374 g/mol. The van der Waals surface area contributed by atoms with Gasteiger partial charge in [0.05, 0.1) is 10.7 Å². The minimum absolute atomic E-state index is 0.0846. The Morgan fingerprint density at radius 3 is 2.30 bits per heavy atom. The number of amides is 1. The molecule has 0 aliphatic carbocycles. The zero-order chi connectivity index (χ0) is 20.2. The van der Waals surface area contributed by atoms with Gasteiger partial charge in [-0.3, -0.25) is 10.1 Å². The summed E-state index contributed by atoms with van der Waals surface area (Å²) >= 11 is 0. The van der Waals surface area contributed by atoms with Crippen LogP contribution in [0.4, 0.5) is 10.5 Å². The number of nitrogens with one attached hydrogen (secondary N) is 1. The van der Waals surface area contributed by atoms with Crippen molar-refractivity contribution in [3.05, 3.63) is 39.9 Å². The molecule has 0 radical (unpaired) electrons. The zero-order valence-electron chi connectivity index (χ0n) is 15.7. The van der Waals surface area contributed by atoms with Crippen LogP contribution in [0.25, 0.3) is 0 Å². The summed E-state index contributed by atoms with van der Waals surface area (Å²) in [5.41, 5.74) is -0.182.